The Morgan fingerprint density at radius 3 is 2.21 bits per heavy atom. The topological polar surface area (TPSA) is 82.1 Å². The van der Waals surface area contributed by atoms with E-state index in [4.69, 9.17) is 5.11 Å². The summed E-state index contributed by atoms with van der Waals surface area (Å²) in [4.78, 5) is 29.3. The molecule has 0 rings (SSSR count). The Labute approximate surface area is 80.9 Å². The van der Waals surface area contributed by atoms with Crippen molar-refractivity contribution in [2.75, 3.05) is 0 Å². The van der Waals surface area contributed by atoms with Crippen molar-refractivity contribution in [1.29, 1.82) is 0 Å². The van der Waals surface area contributed by atoms with Crippen LogP contribution in [0.4, 0.5) is 0 Å². The highest BCUT2D eigenvalue weighted by Gasteiger charge is 2.13. The molecule has 80 valence electrons. The molecule has 0 saturated heterocycles. The van der Waals surface area contributed by atoms with Crippen LogP contribution in [0.5, 0.6) is 0 Å². The second-order valence-electron chi connectivity index (χ2n) is 3.34. The van der Waals surface area contributed by atoms with E-state index in [0.29, 0.717) is 12.2 Å². The Hall–Kier alpha value is -1.40. The van der Waals surface area contributed by atoms with Crippen LogP contribution in [0.2, 0.25) is 0 Å². The fraction of sp³-hybridized carbons (Fsp3) is 0.500. The van der Waals surface area contributed by atoms with Gasteiger partial charge in [0, 0.05) is 12.2 Å². The molecule has 0 amide bonds. The van der Waals surface area contributed by atoms with Crippen LogP contribution in [-0.4, -0.2) is 22.6 Å². The molecule has 0 atom stereocenters. The normalized spacial score (nSPS) is 11.6. The largest absolute Gasteiger partial charge is 0.478 e. The molecule has 0 aliphatic rings. The highest BCUT2D eigenvalue weighted by molar-refractivity contribution is 5.90. The first-order chi connectivity index (χ1) is 6.31. The summed E-state index contributed by atoms with van der Waals surface area (Å²) in [6, 6.07) is 0. The zero-order chi connectivity index (χ0) is 11.2. The molecule has 6 heteroatoms. The lowest BCUT2D eigenvalue weighted by atomic mass is 10.2. The Morgan fingerprint density at radius 1 is 1.21 bits per heavy atom. The zero-order valence-corrected chi connectivity index (χ0v) is 8.14. The van der Waals surface area contributed by atoms with E-state index in [2.05, 4.69) is 14.8 Å². The summed E-state index contributed by atoms with van der Waals surface area (Å²) >= 11 is 0. The van der Waals surface area contributed by atoms with Crippen molar-refractivity contribution in [3.8, 4) is 0 Å². The average Bonchev–Trinajstić information content (AvgIpc) is 1.98. The van der Waals surface area contributed by atoms with Crippen LogP contribution in [-0.2, 0) is 24.4 Å². The van der Waals surface area contributed by atoms with Gasteiger partial charge in [0.2, 0.25) is 0 Å². The number of carbonyl (C=O) groups is 2. The van der Waals surface area contributed by atoms with Crippen LogP contribution < -0.4 is 0 Å². The van der Waals surface area contributed by atoms with Crippen LogP contribution in [0.3, 0.4) is 0 Å². The number of rotatable bonds is 4. The molecule has 0 spiro atoms. The molecule has 0 unspecified atom stereocenters. The number of hydrogen-bond donors (Lipinski definition) is 1. The van der Waals surface area contributed by atoms with Gasteiger partial charge in [-0.3, -0.25) is 4.89 Å². The molecule has 0 heterocycles. The Bertz CT molecular complexity index is 237. The number of carboxylic acids is 1. The maximum atomic E-state index is 10.7. The lowest BCUT2D eigenvalue weighted by Crippen LogP contribution is -2.20. The molecule has 0 aromatic heterocycles. The van der Waals surface area contributed by atoms with E-state index >= 15 is 0 Å². The first-order valence-electron chi connectivity index (χ1n) is 3.78. The summed E-state index contributed by atoms with van der Waals surface area (Å²) < 4.78 is 0. The van der Waals surface area contributed by atoms with Crippen molar-refractivity contribution < 1.29 is 29.5 Å². The van der Waals surface area contributed by atoms with Crippen molar-refractivity contribution in [3.63, 3.8) is 0 Å². The second-order valence-corrected chi connectivity index (χ2v) is 3.34. The molecule has 14 heavy (non-hydrogen) atoms. The van der Waals surface area contributed by atoms with Crippen LogP contribution in [0.25, 0.3) is 0 Å². The standard InChI is InChI=1S/C8H12O6/c1-8(2,3)13-14-12-7(11)5-4-6(9)10/h4-5H,1-3H3,(H,9,10). The molecule has 0 bridgehead atoms. The maximum Gasteiger partial charge on any atom is 0.369 e. The minimum absolute atomic E-state index is 0.614. The summed E-state index contributed by atoms with van der Waals surface area (Å²) in [5.41, 5.74) is -0.614. The Kier molecular flexibility index (Phi) is 4.82. The van der Waals surface area contributed by atoms with E-state index in [1.165, 1.54) is 0 Å². The number of hydrogen-bond acceptors (Lipinski definition) is 5. The van der Waals surface area contributed by atoms with Gasteiger partial charge in [0.25, 0.3) is 0 Å². The van der Waals surface area contributed by atoms with Crippen LogP contribution in [0.15, 0.2) is 12.2 Å². The van der Waals surface area contributed by atoms with E-state index < -0.39 is 17.5 Å². The van der Waals surface area contributed by atoms with Gasteiger partial charge < -0.3 is 5.11 Å². The maximum absolute atomic E-state index is 10.7. The van der Waals surface area contributed by atoms with Crippen molar-refractivity contribution in [2.45, 2.75) is 26.4 Å². The third kappa shape index (κ3) is 8.69. The monoisotopic (exact) mass is 204 g/mol. The van der Waals surface area contributed by atoms with Gasteiger partial charge in [0.1, 0.15) is 0 Å². The molecule has 6 nitrogen and oxygen atoms in total. The third-order valence-corrected chi connectivity index (χ3v) is 0.762. The zero-order valence-electron chi connectivity index (χ0n) is 8.14. The van der Waals surface area contributed by atoms with Crippen LogP contribution in [0.1, 0.15) is 20.8 Å². The Morgan fingerprint density at radius 2 is 1.79 bits per heavy atom. The lowest BCUT2D eigenvalue weighted by Gasteiger charge is -2.14. The van der Waals surface area contributed by atoms with E-state index in [-0.39, 0.29) is 0 Å². The van der Waals surface area contributed by atoms with Gasteiger partial charge in [-0.1, -0.05) is 0 Å². The summed E-state index contributed by atoms with van der Waals surface area (Å²) in [7, 11) is 0. The quantitative estimate of drug-likeness (QED) is 0.415. The molecule has 0 saturated carbocycles. The van der Waals surface area contributed by atoms with Gasteiger partial charge in [-0.25, -0.2) is 9.59 Å². The summed E-state index contributed by atoms with van der Waals surface area (Å²) in [5.74, 6) is -2.21. The second kappa shape index (κ2) is 5.36. The first-order valence-corrected chi connectivity index (χ1v) is 3.78. The van der Waals surface area contributed by atoms with E-state index in [1.54, 1.807) is 20.8 Å². The molecular weight excluding hydrogens is 192 g/mol. The Balaban J connectivity index is 3.71. The van der Waals surface area contributed by atoms with E-state index in [0.717, 1.165) is 0 Å². The summed E-state index contributed by atoms with van der Waals surface area (Å²) in [6.07, 6.45) is 1.33. The van der Waals surface area contributed by atoms with Gasteiger partial charge in [0.15, 0.2) is 0 Å². The highest BCUT2D eigenvalue weighted by Crippen LogP contribution is 2.06. The van der Waals surface area contributed by atoms with Crippen molar-refractivity contribution in [2.24, 2.45) is 0 Å². The molecular formula is C8H12O6. The molecule has 0 aromatic carbocycles. The van der Waals surface area contributed by atoms with Crippen LogP contribution in [0, 0.1) is 0 Å². The SMILES string of the molecule is CC(C)(C)OOOC(=O)C=CC(=O)O. The number of carboxylic acid groups (broad SMARTS) is 1. The fourth-order valence-corrected chi connectivity index (χ4v) is 0.320. The summed E-state index contributed by atoms with van der Waals surface area (Å²) in [6.45, 7) is 5.07. The van der Waals surface area contributed by atoms with E-state index in [1.807, 2.05) is 0 Å². The van der Waals surface area contributed by atoms with Crippen LogP contribution >= 0.6 is 0 Å². The van der Waals surface area contributed by atoms with Gasteiger partial charge in [-0.05, 0) is 25.8 Å². The van der Waals surface area contributed by atoms with Gasteiger partial charge in [-0.2, -0.15) is 4.89 Å². The van der Waals surface area contributed by atoms with Crippen molar-refractivity contribution in [1.82, 2.24) is 0 Å². The smallest absolute Gasteiger partial charge is 0.369 e. The molecule has 0 aromatic rings. The molecule has 1 N–H and O–H groups in total. The minimum Gasteiger partial charge on any atom is -0.478 e. The molecule has 0 radical (unpaired) electrons. The van der Waals surface area contributed by atoms with Gasteiger partial charge >= 0.3 is 11.9 Å². The van der Waals surface area contributed by atoms with Gasteiger partial charge in [0.05, 0.1) is 5.60 Å². The van der Waals surface area contributed by atoms with E-state index in [9.17, 15) is 9.59 Å². The highest BCUT2D eigenvalue weighted by atomic mass is 17.5. The summed E-state index contributed by atoms with van der Waals surface area (Å²) in [5, 5.41) is 12.2. The minimum atomic E-state index is -1.25. The predicted molar refractivity (Wildman–Crippen MR) is 44.8 cm³/mol. The predicted octanol–water partition coefficient (Wildman–Crippen LogP) is 0.832. The first kappa shape index (κ1) is 12.6. The third-order valence-electron chi connectivity index (χ3n) is 0.762. The number of aliphatic carboxylic acids is 1. The molecule has 0 fully saturated rings. The molecule has 0 aliphatic carbocycles. The van der Waals surface area contributed by atoms with Gasteiger partial charge in [-0.15, -0.1) is 0 Å². The average molecular weight is 204 g/mol. The lowest BCUT2D eigenvalue weighted by molar-refractivity contribution is -0.513. The fourth-order valence-electron chi connectivity index (χ4n) is 0.320. The van der Waals surface area contributed by atoms with Crippen molar-refractivity contribution in [3.05, 3.63) is 12.2 Å². The van der Waals surface area contributed by atoms with Crippen molar-refractivity contribution >= 4 is 11.9 Å². The molecule has 0 aliphatic heterocycles. The number of carbonyl (C=O) groups excluding carboxylic acids is 1.